The molecule has 138 valence electrons. The molecule has 1 N–H and O–H groups in total. The van der Waals surface area contributed by atoms with Crippen LogP contribution in [0.3, 0.4) is 0 Å². The van der Waals surface area contributed by atoms with Crippen LogP contribution in [-0.2, 0) is 14.6 Å². The normalized spacial score (nSPS) is 20.4. The summed E-state index contributed by atoms with van der Waals surface area (Å²) in [4.78, 5) is 14.3. The number of sulfone groups is 1. The highest BCUT2D eigenvalue weighted by molar-refractivity contribution is 7.91. The van der Waals surface area contributed by atoms with Gasteiger partial charge < -0.3 is 19.7 Å². The number of hydrogen-bond donors (Lipinski definition) is 1. The standard InChI is InChI=1S/C17H24N2O5S/c1-18-13-3-2-7-19(12-13)17(20)6-10-25(21,22)14-4-5-15-16(11-14)24-9-8-23-15/h4-5,11,13,18H,2-3,6-10,12H2,1H3. The minimum atomic E-state index is -3.55. The predicted molar refractivity (Wildman–Crippen MR) is 92.8 cm³/mol. The van der Waals surface area contributed by atoms with Crippen LogP contribution in [0.5, 0.6) is 11.5 Å². The zero-order chi connectivity index (χ0) is 17.9. The monoisotopic (exact) mass is 368 g/mol. The van der Waals surface area contributed by atoms with Crippen molar-refractivity contribution < 1.29 is 22.7 Å². The minimum absolute atomic E-state index is 0.00674. The third-order valence-electron chi connectivity index (χ3n) is 4.64. The SMILES string of the molecule is CNC1CCCN(C(=O)CCS(=O)(=O)c2ccc3c(c2)OCCO3)C1. The highest BCUT2D eigenvalue weighted by Crippen LogP contribution is 2.32. The summed E-state index contributed by atoms with van der Waals surface area (Å²) in [5.41, 5.74) is 0. The zero-order valence-corrected chi connectivity index (χ0v) is 15.2. The average Bonchev–Trinajstić information content (AvgIpc) is 2.65. The second-order valence-electron chi connectivity index (χ2n) is 6.34. The van der Waals surface area contributed by atoms with E-state index in [2.05, 4.69) is 5.32 Å². The molecule has 2 aliphatic rings. The van der Waals surface area contributed by atoms with Crippen molar-refractivity contribution >= 4 is 15.7 Å². The number of ether oxygens (including phenoxy) is 2. The van der Waals surface area contributed by atoms with Crippen LogP contribution in [0, 0.1) is 0 Å². The third kappa shape index (κ3) is 4.24. The summed E-state index contributed by atoms with van der Waals surface area (Å²) in [6.07, 6.45) is 1.97. The maximum Gasteiger partial charge on any atom is 0.223 e. The first-order chi connectivity index (χ1) is 12.0. The van der Waals surface area contributed by atoms with Gasteiger partial charge in [-0.1, -0.05) is 0 Å². The first-order valence-electron chi connectivity index (χ1n) is 8.57. The van der Waals surface area contributed by atoms with Crippen LogP contribution >= 0.6 is 0 Å². The fourth-order valence-corrected chi connectivity index (χ4v) is 4.40. The second-order valence-corrected chi connectivity index (χ2v) is 8.45. The van der Waals surface area contributed by atoms with Crippen molar-refractivity contribution in [2.24, 2.45) is 0 Å². The third-order valence-corrected chi connectivity index (χ3v) is 6.35. The van der Waals surface area contributed by atoms with Crippen LogP contribution in [0.4, 0.5) is 0 Å². The van der Waals surface area contributed by atoms with Crippen LogP contribution in [0.1, 0.15) is 19.3 Å². The molecule has 1 amide bonds. The Balaban J connectivity index is 1.62. The summed E-state index contributed by atoms with van der Waals surface area (Å²) in [5.74, 6) is 0.673. The van der Waals surface area contributed by atoms with Crippen molar-refractivity contribution in [2.75, 3.05) is 39.1 Å². The van der Waals surface area contributed by atoms with Gasteiger partial charge in [0.15, 0.2) is 21.3 Å². The van der Waals surface area contributed by atoms with Gasteiger partial charge in [-0.25, -0.2) is 8.42 Å². The molecule has 0 aliphatic carbocycles. The van der Waals surface area contributed by atoms with Crippen molar-refractivity contribution in [1.29, 1.82) is 0 Å². The van der Waals surface area contributed by atoms with E-state index in [4.69, 9.17) is 9.47 Å². The molecule has 1 atom stereocenters. The van der Waals surface area contributed by atoms with E-state index in [1.54, 1.807) is 11.0 Å². The molecule has 7 nitrogen and oxygen atoms in total. The zero-order valence-electron chi connectivity index (χ0n) is 14.4. The second kappa shape index (κ2) is 7.61. The molecule has 25 heavy (non-hydrogen) atoms. The summed E-state index contributed by atoms with van der Waals surface area (Å²) in [6.45, 7) is 2.19. The molecule has 0 saturated carbocycles. The number of carbonyl (C=O) groups excluding carboxylic acids is 1. The molecule has 3 rings (SSSR count). The molecule has 1 fully saturated rings. The van der Waals surface area contributed by atoms with Crippen molar-refractivity contribution in [3.05, 3.63) is 18.2 Å². The van der Waals surface area contributed by atoms with Crippen LogP contribution in [0.15, 0.2) is 23.1 Å². The van der Waals surface area contributed by atoms with Crippen LogP contribution in [0.2, 0.25) is 0 Å². The highest BCUT2D eigenvalue weighted by atomic mass is 32.2. The topological polar surface area (TPSA) is 84.9 Å². The molecule has 1 saturated heterocycles. The van der Waals surface area contributed by atoms with E-state index in [1.807, 2.05) is 7.05 Å². The lowest BCUT2D eigenvalue weighted by molar-refractivity contribution is -0.132. The van der Waals surface area contributed by atoms with Gasteiger partial charge in [-0.15, -0.1) is 0 Å². The number of nitrogens with one attached hydrogen (secondary N) is 1. The van der Waals surface area contributed by atoms with Gasteiger partial charge in [0.25, 0.3) is 0 Å². The van der Waals surface area contributed by atoms with E-state index in [-0.39, 0.29) is 29.0 Å². The molecule has 0 radical (unpaired) electrons. The number of nitrogens with zero attached hydrogens (tertiary/aromatic N) is 1. The van der Waals surface area contributed by atoms with Crippen LogP contribution < -0.4 is 14.8 Å². The number of amides is 1. The Hall–Kier alpha value is -1.80. The Morgan fingerprint density at radius 3 is 2.80 bits per heavy atom. The summed E-state index contributed by atoms with van der Waals surface area (Å²) in [7, 11) is -1.67. The molecular formula is C17H24N2O5S. The summed E-state index contributed by atoms with van der Waals surface area (Å²) < 4.78 is 35.9. The molecule has 8 heteroatoms. The Morgan fingerprint density at radius 1 is 1.28 bits per heavy atom. The molecular weight excluding hydrogens is 344 g/mol. The predicted octanol–water partition coefficient (Wildman–Crippen LogP) is 0.832. The number of benzene rings is 1. The van der Waals surface area contributed by atoms with Crippen molar-refractivity contribution in [2.45, 2.75) is 30.2 Å². The smallest absolute Gasteiger partial charge is 0.223 e. The molecule has 1 unspecified atom stereocenters. The lowest BCUT2D eigenvalue weighted by atomic mass is 10.1. The molecule has 2 aliphatic heterocycles. The Labute approximate surface area is 148 Å². The van der Waals surface area contributed by atoms with Gasteiger partial charge in [-0.3, -0.25) is 4.79 Å². The van der Waals surface area contributed by atoms with Crippen molar-refractivity contribution in [1.82, 2.24) is 10.2 Å². The number of carbonyl (C=O) groups is 1. The first kappa shape index (κ1) is 18.0. The molecule has 1 aromatic carbocycles. The Bertz CT molecular complexity index is 735. The number of likely N-dealkylation sites (N-methyl/N-ethyl adjacent to an activating group) is 1. The number of fused-ring (bicyclic) bond motifs is 1. The average molecular weight is 368 g/mol. The fraction of sp³-hybridized carbons (Fsp3) is 0.588. The quantitative estimate of drug-likeness (QED) is 0.829. The largest absolute Gasteiger partial charge is 0.486 e. The van der Waals surface area contributed by atoms with Gasteiger partial charge in [0, 0.05) is 31.6 Å². The van der Waals surface area contributed by atoms with E-state index in [9.17, 15) is 13.2 Å². The van der Waals surface area contributed by atoms with Gasteiger partial charge in [-0.05, 0) is 32.0 Å². The van der Waals surface area contributed by atoms with Crippen molar-refractivity contribution in [3.63, 3.8) is 0 Å². The van der Waals surface area contributed by atoms with Gasteiger partial charge >= 0.3 is 0 Å². The summed E-state index contributed by atoms with van der Waals surface area (Å²) in [5, 5.41) is 3.18. The maximum absolute atomic E-state index is 12.5. The van der Waals surface area contributed by atoms with E-state index < -0.39 is 9.84 Å². The lowest BCUT2D eigenvalue weighted by Crippen LogP contribution is -2.47. The van der Waals surface area contributed by atoms with Gasteiger partial charge in [0.05, 0.1) is 10.6 Å². The Kier molecular flexibility index (Phi) is 5.48. The molecule has 1 aromatic rings. The van der Waals surface area contributed by atoms with E-state index >= 15 is 0 Å². The highest BCUT2D eigenvalue weighted by Gasteiger charge is 2.25. The maximum atomic E-state index is 12.5. The molecule has 0 spiro atoms. The number of hydrogen-bond acceptors (Lipinski definition) is 6. The number of rotatable bonds is 5. The van der Waals surface area contributed by atoms with Gasteiger partial charge in [-0.2, -0.15) is 0 Å². The van der Waals surface area contributed by atoms with E-state index in [1.165, 1.54) is 12.1 Å². The molecule has 0 bridgehead atoms. The molecule has 0 aromatic heterocycles. The fourth-order valence-electron chi connectivity index (χ4n) is 3.15. The minimum Gasteiger partial charge on any atom is -0.486 e. The van der Waals surface area contributed by atoms with Gasteiger partial charge in [0.2, 0.25) is 5.91 Å². The van der Waals surface area contributed by atoms with Gasteiger partial charge in [0.1, 0.15) is 13.2 Å². The van der Waals surface area contributed by atoms with Crippen LogP contribution in [-0.4, -0.2) is 64.4 Å². The molecule has 2 heterocycles. The summed E-state index contributed by atoms with van der Waals surface area (Å²) >= 11 is 0. The number of likely N-dealkylation sites (tertiary alicyclic amines) is 1. The number of piperidine rings is 1. The Morgan fingerprint density at radius 2 is 2.04 bits per heavy atom. The van der Waals surface area contributed by atoms with Crippen molar-refractivity contribution in [3.8, 4) is 11.5 Å². The van der Waals surface area contributed by atoms with E-state index in [0.29, 0.717) is 37.8 Å². The lowest BCUT2D eigenvalue weighted by Gasteiger charge is -2.32. The first-order valence-corrected chi connectivity index (χ1v) is 10.2. The van der Waals surface area contributed by atoms with E-state index in [0.717, 1.165) is 12.8 Å². The van der Waals surface area contributed by atoms with Crippen LogP contribution in [0.25, 0.3) is 0 Å². The summed E-state index contributed by atoms with van der Waals surface area (Å²) in [6, 6.07) is 4.87.